The first-order valence-electron chi connectivity index (χ1n) is 11.5. The quantitative estimate of drug-likeness (QED) is 0.573. The topological polar surface area (TPSA) is 87.2 Å². The molecule has 35 heavy (non-hydrogen) atoms. The molecule has 1 aromatic carbocycles. The minimum Gasteiger partial charge on any atom is -0.493 e. The molecule has 8 nitrogen and oxygen atoms in total. The zero-order valence-electron chi connectivity index (χ0n) is 20.0. The highest BCUT2D eigenvalue weighted by Gasteiger charge is 2.53. The standard InChI is InChI=1S/C26H27ClN2O6/c1-13-6-5-7-20(28-13)29-22(14-10-18(32-2)24(34-4)19(11-14)33-3)21-23(30)16-12-15(27)8-9-17(16)35-25(21)26(29)31/h5-7,10-11,15-17,22H,8-9,12H2,1-4H3. The van der Waals surface area contributed by atoms with Crippen LogP contribution in [0.25, 0.3) is 0 Å². The van der Waals surface area contributed by atoms with E-state index in [0.29, 0.717) is 47.0 Å². The highest BCUT2D eigenvalue weighted by molar-refractivity contribution is 6.21. The van der Waals surface area contributed by atoms with Crippen LogP contribution in [-0.4, -0.2) is 49.5 Å². The van der Waals surface area contributed by atoms with Gasteiger partial charge in [-0.25, -0.2) is 4.98 Å². The normalized spacial score (nSPS) is 25.7. The summed E-state index contributed by atoms with van der Waals surface area (Å²) >= 11 is 6.42. The lowest BCUT2D eigenvalue weighted by molar-refractivity contribution is -0.131. The van der Waals surface area contributed by atoms with E-state index in [1.54, 1.807) is 18.2 Å². The summed E-state index contributed by atoms with van der Waals surface area (Å²) in [5.74, 6) is 0.875. The van der Waals surface area contributed by atoms with Crippen molar-refractivity contribution in [2.45, 2.75) is 43.7 Å². The number of ketones is 1. The smallest absolute Gasteiger partial charge is 0.295 e. The van der Waals surface area contributed by atoms with E-state index in [0.717, 1.165) is 12.1 Å². The number of ether oxygens (including phenoxy) is 4. The maximum absolute atomic E-state index is 13.9. The minimum atomic E-state index is -0.773. The molecule has 0 radical (unpaired) electrons. The molecule has 0 spiro atoms. The zero-order valence-corrected chi connectivity index (χ0v) is 20.8. The number of aromatic nitrogens is 1. The van der Waals surface area contributed by atoms with Gasteiger partial charge in [-0.15, -0.1) is 11.6 Å². The number of carbonyl (C=O) groups excluding carboxylic acids is 2. The first kappa shape index (κ1) is 23.5. The van der Waals surface area contributed by atoms with Crippen molar-refractivity contribution in [2.75, 3.05) is 26.2 Å². The first-order chi connectivity index (χ1) is 16.9. The second kappa shape index (κ2) is 9.07. The number of benzene rings is 1. The largest absolute Gasteiger partial charge is 0.493 e. The Hall–Kier alpha value is -3.26. The predicted octanol–water partition coefficient (Wildman–Crippen LogP) is 4.13. The van der Waals surface area contributed by atoms with Gasteiger partial charge >= 0.3 is 0 Å². The Bertz CT molecular complexity index is 1200. The van der Waals surface area contributed by atoms with E-state index in [2.05, 4.69) is 4.98 Å². The molecule has 3 heterocycles. The molecular formula is C26H27ClN2O6. The zero-order chi connectivity index (χ0) is 24.9. The fraction of sp³-hybridized carbons (Fsp3) is 0.423. The maximum Gasteiger partial charge on any atom is 0.295 e. The molecule has 184 valence electrons. The summed E-state index contributed by atoms with van der Waals surface area (Å²) in [6.45, 7) is 1.85. The Kier molecular flexibility index (Phi) is 6.09. The van der Waals surface area contributed by atoms with Gasteiger partial charge in [0.25, 0.3) is 5.91 Å². The average Bonchev–Trinajstić information content (AvgIpc) is 3.16. The Morgan fingerprint density at radius 3 is 2.40 bits per heavy atom. The number of alkyl halides is 1. The van der Waals surface area contributed by atoms with Crippen LogP contribution in [0.2, 0.25) is 0 Å². The van der Waals surface area contributed by atoms with Gasteiger partial charge in [0.15, 0.2) is 23.0 Å². The van der Waals surface area contributed by atoms with Crippen LogP contribution in [0.5, 0.6) is 17.2 Å². The van der Waals surface area contributed by atoms with E-state index in [1.807, 2.05) is 19.1 Å². The van der Waals surface area contributed by atoms with Crippen LogP contribution in [0, 0.1) is 12.8 Å². The fourth-order valence-electron chi connectivity index (χ4n) is 5.29. The molecule has 1 fully saturated rings. The number of Topliss-reactive ketones (excluding diaryl/α,β-unsaturated/α-hetero) is 1. The third kappa shape index (κ3) is 3.80. The summed E-state index contributed by atoms with van der Waals surface area (Å²) < 4.78 is 22.8. The van der Waals surface area contributed by atoms with Gasteiger partial charge in [-0.3, -0.25) is 14.5 Å². The lowest BCUT2D eigenvalue weighted by Gasteiger charge is -2.37. The van der Waals surface area contributed by atoms with E-state index in [4.69, 9.17) is 30.5 Å². The summed E-state index contributed by atoms with van der Waals surface area (Å²) in [6.07, 6.45) is 1.53. The highest BCUT2D eigenvalue weighted by Crippen LogP contribution is 2.50. The van der Waals surface area contributed by atoms with Crippen molar-refractivity contribution in [3.05, 3.63) is 52.9 Å². The molecule has 0 bridgehead atoms. The van der Waals surface area contributed by atoms with Crippen LogP contribution in [0.4, 0.5) is 5.82 Å². The number of anilines is 1. The Morgan fingerprint density at radius 2 is 1.77 bits per heavy atom. The number of pyridine rings is 1. The van der Waals surface area contributed by atoms with Crippen LogP contribution < -0.4 is 19.1 Å². The van der Waals surface area contributed by atoms with Crippen molar-refractivity contribution < 1.29 is 28.5 Å². The molecule has 2 aromatic rings. The van der Waals surface area contributed by atoms with Gasteiger partial charge in [0.2, 0.25) is 5.75 Å². The van der Waals surface area contributed by atoms with Crippen LogP contribution in [0.15, 0.2) is 41.7 Å². The van der Waals surface area contributed by atoms with Crippen molar-refractivity contribution in [2.24, 2.45) is 5.92 Å². The number of hydrogen-bond acceptors (Lipinski definition) is 7. The molecule has 0 saturated heterocycles. The molecule has 1 aliphatic carbocycles. The molecule has 0 N–H and O–H groups in total. The fourth-order valence-corrected chi connectivity index (χ4v) is 5.61. The summed E-state index contributed by atoms with van der Waals surface area (Å²) in [6, 6.07) is 8.16. The van der Waals surface area contributed by atoms with E-state index in [-0.39, 0.29) is 23.0 Å². The Morgan fingerprint density at radius 1 is 1.06 bits per heavy atom. The molecule has 5 rings (SSSR count). The van der Waals surface area contributed by atoms with Gasteiger partial charge in [0.1, 0.15) is 11.9 Å². The molecule has 4 unspecified atom stereocenters. The highest BCUT2D eigenvalue weighted by atomic mass is 35.5. The van der Waals surface area contributed by atoms with Crippen LogP contribution in [0.3, 0.4) is 0 Å². The maximum atomic E-state index is 13.9. The number of aryl methyl sites for hydroxylation is 1. The van der Waals surface area contributed by atoms with Crippen molar-refractivity contribution in [1.29, 1.82) is 0 Å². The lowest BCUT2D eigenvalue weighted by Crippen LogP contribution is -2.41. The van der Waals surface area contributed by atoms with E-state index in [1.165, 1.54) is 26.2 Å². The molecule has 4 atom stereocenters. The monoisotopic (exact) mass is 498 g/mol. The molecule has 9 heteroatoms. The number of rotatable bonds is 5. The number of fused-ring (bicyclic) bond motifs is 1. The summed E-state index contributed by atoms with van der Waals surface area (Å²) in [4.78, 5) is 33.8. The second-order valence-corrected chi connectivity index (χ2v) is 9.57. The molecule has 1 amide bonds. The van der Waals surface area contributed by atoms with E-state index >= 15 is 0 Å². The van der Waals surface area contributed by atoms with E-state index < -0.39 is 17.9 Å². The molecule has 1 saturated carbocycles. The molecule has 3 aliphatic rings. The molecule has 2 aliphatic heterocycles. The van der Waals surface area contributed by atoms with Gasteiger partial charge in [-0.2, -0.15) is 0 Å². The first-order valence-corrected chi connectivity index (χ1v) is 12.0. The van der Waals surface area contributed by atoms with Gasteiger partial charge in [0.05, 0.1) is 38.9 Å². The average molecular weight is 499 g/mol. The molecule has 1 aromatic heterocycles. The van der Waals surface area contributed by atoms with Gasteiger partial charge in [-0.1, -0.05) is 6.07 Å². The van der Waals surface area contributed by atoms with Crippen molar-refractivity contribution in [3.63, 3.8) is 0 Å². The predicted molar refractivity (Wildman–Crippen MR) is 129 cm³/mol. The second-order valence-electron chi connectivity index (χ2n) is 8.95. The number of hydrogen-bond donors (Lipinski definition) is 0. The number of methoxy groups -OCH3 is 3. The molecular weight excluding hydrogens is 472 g/mol. The SMILES string of the molecule is COc1cc(C2C3=C(OC4CCC(Cl)CC4C3=O)C(=O)N2c2cccc(C)n2)cc(OC)c1OC. The van der Waals surface area contributed by atoms with Crippen LogP contribution in [-0.2, 0) is 14.3 Å². The van der Waals surface area contributed by atoms with Crippen molar-refractivity contribution in [3.8, 4) is 17.2 Å². The number of nitrogens with zero attached hydrogens (tertiary/aromatic N) is 2. The lowest BCUT2D eigenvalue weighted by atomic mass is 9.77. The summed E-state index contributed by atoms with van der Waals surface area (Å²) in [7, 11) is 4.56. The number of halogens is 1. The number of carbonyl (C=O) groups is 2. The van der Waals surface area contributed by atoms with Crippen LogP contribution >= 0.6 is 11.6 Å². The van der Waals surface area contributed by atoms with Gasteiger partial charge in [-0.05, 0) is 56.0 Å². The number of amides is 1. The van der Waals surface area contributed by atoms with Gasteiger partial charge in [0, 0.05) is 11.1 Å². The third-order valence-electron chi connectivity index (χ3n) is 6.91. The Labute approximate surface area is 208 Å². The summed E-state index contributed by atoms with van der Waals surface area (Å²) in [5, 5.41) is -0.0998. The van der Waals surface area contributed by atoms with E-state index in [9.17, 15) is 9.59 Å². The van der Waals surface area contributed by atoms with Crippen molar-refractivity contribution >= 4 is 29.1 Å². The summed E-state index contributed by atoms with van der Waals surface area (Å²) in [5.41, 5.74) is 1.68. The van der Waals surface area contributed by atoms with Gasteiger partial charge < -0.3 is 18.9 Å². The Balaban J connectivity index is 1.71. The van der Waals surface area contributed by atoms with Crippen LogP contribution in [0.1, 0.15) is 36.6 Å². The minimum absolute atomic E-state index is 0.0892. The third-order valence-corrected chi connectivity index (χ3v) is 7.30. The van der Waals surface area contributed by atoms with Crippen molar-refractivity contribution in [1.82, 2.24) is 4.98 Å².